The van der Waals surface area contributed by atoms with Gasteiger partial charge in [0.25, 0.3) is 0 Å². The molecule has 2 aliphatic rings. The highest BCUT2D eigenvalue weighted by atomic mass is 35.5. The molecule has 0 saturated carbocycles. The number of halogens is 3. The van der Waals surface area contributed by atoms with Gasteiger partial charge in [-0.25, -0.2) is 0 Å². The maximum absolute atomic E-state index is 6.95. The van der Waals surface area contributed by atoms with Crippen LogP contribution in [0.5, 0.6) is 0 Å². The molecule has 1 N–H and O–H groups in total. The number of thiocarbonyl (C=S) groups is 1. The highest BCUT2D eigenvalue weighted by Gasteiger charge is 2.43. The van der Waals surface area contributed by atoms with Gasteiger partial charge in [0.15, 0.2) is 5.11 Å². The van der Waals surface area contributed by atoms with Crippen LogP contribution in [0.3, 0.4) is 0 Å². The van der Waals surface area contributed by atoms with E-state index in [9.17, 15) is 0 Å². The molecule has 5 nitrogen and oxygen atoms in total. The van der Waals surface area contributed by atoms with E-state index >= 15 is 0 Å². The molecule has 0 aliphatic carbocycles. The molecule has 0 amide bonds. The Morgan fingerprint density at radius 1 is 0.900 bits per heavy atom. The Morgan fingerprint density at radius 2 is 1.70 bits per heavy atom. The van der Waals surface area contributed by atoms with Gasteiger partial charge in [-0.2, -0.15) is 0 Å². The van der Waals surface area contributed by atoms with Crippen molar-refractivity contribution in [2.24, 2.45) is 11.8 Å². The molecule has 2 fully saturated rings. The zero-order valence-electron chi connectivity index (χ0n) is 22.2. The fourth-order valence-electron chi connectivity index (χ4n) is 6.00. The van der Waals surface area contributed by atoms with Crippen molar-refractivity contribution in [3.8, 4) is 11.3 Å². The third kappa shape index (κ3) is 5.30. The summed E-state index contributed by atoms with van der Waals surface area (Å²) in [6, 6.07) is 20.9. The van der Waals surface area contributed by atoms with E-state index in [2.05, 4.69) is 46.1 Å². The lowest BCUT2D eigenvalue weighted by Gasteiger charge is -2.37. The fraction of sp³-hybridized carbons (Fsp3) is 0.290. The average Bonchev–Trinajstić information content (AvgIpc) is 3.55. The molecule has 4 aromatic rings. The number of rotatable bonds is 5. The second-order valence-electron chi connectivity index (χ2n) is 10.8. The molecule has 206 valence electrons. The predicted molar refractivity (Wildman–Crippen MR) is 169 cm³/mol. The highest BCUT2D eigenvalue weighted by molar-refractivity contribution is 7.80. The first-order valence-electron chi connectivity index (χ1n) is 13.4. The van der Waals surface area contributed by atoms with E-state index in [4.69, 9.17) is 51.4 Å². The zero-order chi connectivity index (χ0) is 28.0. The molecule has 2 aliphatic heterocycles. The predicted octanol–water partition coefficient (Wildman–Crippen LogP) is 8.96. The summed E-state index contributed by atoms with van der Waals surface area (Å²) in [6.45, 7) is 6.61. The van der Waals surface area contributed by atoms with E-state index in [0.29, 0.717) is 37.8 Å². The molecule has 9 heteroatoms. The third-order valence-electron chi connectivity index (χ3n) is 7.64. The van der Waals surface area contributed by atoms with E-state index in [0.717, 1.165) is 41.5 Å². The molecule has 4 atom stereocenters. The van der Waals surface area contributed by atoms with E-state index in [-0.39, 0.29) is 12.1 Å². The normalized spacial score (nSPS) is 23.0. The van der Waals surface area contributed by atoms with E-state index in [1.165, 1.54) is 6.42 Å². The van der Waals surface area contributed by atoms with Crippen LogP contribution in [0.1, 0.15) is 43.8 Å². The van der Waals surface area contributed by atoms with Gasteiger partial charge in [0, 0.05) is 30.5 Å². The summed E-state index contributed by atoms with van der Waals surface area (Å²) in [7, 11) is 0. The molecule has 4 heterocycles. The second kappa shape index (κ2) is 11.2. The standard InChI is InChI=1S/C31H29Cl3N4OS/c1-18-13-19(2)17-37(16-18)26-9-7-21(15-24(26)34)38-30(29(36-31(38)40)25-5-3-4-12-35-25)28-11-10-27(39-28)20-6-8-22(32)23(33)14-20/h3-12,14-15,18-19,29-30H,13,16-17H2,1-2H3,(H,36,40)/t18-,19+,29-,30-/m0/s1. The van der Waals surface area contributed by atoms with Crippen LogP contribution in [-0.2, 0) is 0 Å². The van der Waals surface area contributed by atoms with E-state index in [1.54, 1.807) is 18.3 Å². The first kappa shape index (κ1) is 27.4. The molecule has 6 rings (SSSR count). The van der Waals surface area contributed by atoms with Gasteiger partial charge in [0.05, 0.1) is 32.5 Å². The SMILES string of the molecule is C[C@@H]1C[C@H](C)CN(c2ccc(N3C(=S)N[C@@H](c4ccccn4)[C@@H]3c3ccc(-c4ccc(Cl)c(Cl)c4)o3)cc2Cl)C1. The molecule has 40 heavy (non-hydrogen) atoms. The largest absolute Gasteiger partial charge is 0.459 e. The van der Waals surface area contributed by atoms with Gasteiger partial charge in [0.1, 0.15) is 17.6 Å². The quantitative estimate of drug-likeness (QED) is 0.227. The molecule has 0 radical (unpaired) electrons. The van der Waals surface area contributed by atoms with Crippen molar-refractivity contribution in [1.29, 1.82) is 0 Å². The van der Waals surface area contributed by atoms with E-state index in [1.807, 2.05) is 42.5 Å². The van der Waals surface area contributed by atoms with Crippen molar-refractivity contribution in [2.75, 3.05) is 22.9 Å². The van der Waals surface area contributed by atoms with Crippen molar-refractivity contribution in [3.63, 3.8) is 0 Å². The molecule has 2 aromatic heterocycles. The summed E-state index contributed by atoms with van der Waals surface area (Å²) < 4.78 is 6.46. The Hall–Kier alpha value is -2.77. The maximum atomic E-state index is 6.95. The first-order chi connectivity index (χ1) is 19.3. The van der Waals surface area contributed by atoms with Crippen molar-refractivity contribution >= 4 is 63.5 Å². The molecular weight excluding hydrogens is 583 g/mol. The van der Waals surface area contributed by atoms with Crippen molar-refractivity contribution in [3.05, 3.63) is 99.4 Å². The van der Waals surface area contributed by atoms with Crippen LogP contribution in [0.2, 0.25) is 15.1 Å². The summed E-state index contributed by atoms with van der Waals surface area (Å²) in [5, 5.41) is 5.74. The molecule has 2 aromatic carbocycles. The minimum Gasteiger partial charge on any atom is -0.459 e. The topological polar surface area (TPSA) is 44.5 Å². The van der Waals surface area contributed by atoms with Crippen LogP contribution in [0.4, 0.5) is 11.4 Å². The summed E-state index contributed by atoms with van der Waals surface area (Å²) in [5.41, 5.74) is 3.65. The van der Waals surface area contributed by atoms with Gasteiger partial charge >= 0.3 is 0 Å². The summed E-state index contributed by atoms with van der Waals surface area (Å²) in [5.74, 6) is 2.68. The lowest BCUT2D eigenvalue weighted by Crippen LogP contribution is -2.38. The van der Waals surface area contributed by atoms with Crippen molar-refractivity contribution < 1.29 is 4.42 Å². The molecule has 0 bridgehead atoms. The minimum atomic E-state index is -0.295. The number of furan rings is 1. The fourth-order valence-corrected chi connectivity index (χ4v) is 6.94. The number of nitrogens with one attached hydrogen (secondary N) is 1. The first-order valence-corrected chi connectivity index (χ1v) is 14.9. The molecule has 0 spiro atoms. The Morgan fingerprint density at radius 3 is 2.40 bits per heavy atom. The van der Waals surface area contributed by atoms with Gasteiger partial charge in [-0.1, -0.05) is 54.7 Å². The Balaban J connectivity index is 1.38. The number of hydrogen-bond donors (Lipinski definition) is 1. The number of benzene rings is 2. The van der Waals surface area contributed by atoms with Gasteiger partial charge in [0.2, 0.25) is 0 Å². The van der Waals surface area contributed by atoms with Crippen molar-refractivity contribution in [1.82, 2.24) is 10.3 Å². The van der Waals surface area contributed by atoms with Crippen LogP contribution in [0.15, 0.2) is 77.3 Å². The van der Waals surface area contributed by atoms with Crippen LogP contribution < -0.4 is 15.1 Å². The highest BCUT2D eigenvalue weighted by Crippen LogP contribution is 2.45. The Kier molecular flexibility index (Phi) is 7.71. The third-order valence-corrected chi connectivity index (χ3v) is 9.00. The lowest BCUT2D eigenvalue weighted by atomic mass is 9.91. The van der Waals surface area contributed by atoms with Gasteiger partial charge < -0.3 is 19.5 Å². The number of piperidine rings is 1. The number of anilines is 2. The lowest BCUT2D eigenvalue weighted by molar-refractivity contribution is 0.357. The summed E-state index contributed by atoms with van der Waals surface area (Å²) in [4.78, 5) is 9.11. The van der Waals surface area contributed by atoms with Crippen LogP contribution in [0, 0.1) is 11.8 Å². The van der Waals surface area contributed by atoms with Crippen LogP contribution in [-0.4, -0.2) is 23.2 Å². The Bertz CT molecular complexity index is 1530. The second-order valence-corrected chi connectivity index (χ2v) is 12.4. The van der Waals surface area contributed by atoms with Crippen LogP contribution >= 0.6 is 47.0 Å². The van der Waals surface area contributed by atoms with Crippen molar-refractivity contribution in [2.45, 2.75) is 32.4 Å². The van der Waals surface area contributed by atoms with Gasteiger partial charge in [-0.05, 0) is 91.1 Å². The number of pyridine rings is 1. The van der Waals surface area contributed by atoms with Gasteiger partial charge in [-0.15, -0.1) is 0 Å². The maximum Gasteiger partial charge on any atom is 0.174 e. The number of nitrogens with zero attached hydrogens (tertiary/aromatic N) is 3. The average molecular weight is 612 g/mol. The number of aromatic nitrogens is 1. The number of hydrogen-bond acceptors (Lipinski definition) is 4. The Labute approximate surface area is 255 Å². The molecular formula is C31H29Cl3N4OS. The van der Waals surface area contributed by atoms with Gasteiger partial charge in [-0.3, -0.25) is 4.98 Å². The smallest absolute Gasteiger partial charge is 0.174 e. The molecule has 0 unspecified atom stereocenters. The minimum absolute atomic E-state index is 0.233. The summed E-state index contributed by atoms with van der Waals surface area (Å²) >= 11 is 25.3. The van der Waals surface area contributed by atoms with Crippen LogP contribution in [0.25, 0.3) is 11.3 Å². The van der Waals surface area contributed by atoms with E-state index < -0.39 is 0 Å². The monoisotopic (exact) mass is 610 g/mol. The molecule has 2 saturated heterocycles. The summed E-state index contributed by atoms with van der Waals surface area (Å²) in [6.07, 6.45) is 3.03. The zero-order valence-corrected chi connectivity index (χ0v) is 25.2.